The maximum absolute atomic E-state index is 13.6. The van der Waals surface area contributed by atoms with Crippen LogP contribution >= 0.6 is 11.6 Å². The lowest BCUT2D eigenvalue weighted by molar-refractivity contribution is -0.384. The van der Waals surface area contributed by atoms with Crippen molar-refractivity contribution in [2.45, 2.75) is 6.54 Å². The molecule has 24 heavy (non-hydrogen) atoms. The molecule has 0 heterocycles. The maximum atomic E-state index is 13.6. The molecule has 0 saturated heterocycles. The lowest BCUT2D eigenvalue weighted by Crippen LogP contribution is -2.09. The Balaban J connectivity index is 2.38. The van der Waals surface area contributed by atoms with Crippen LogP contribution in [0.3, 0.4) is 0 Å². The van der Waals surface area contributed by atoms with Gasteiger partial charge in [-0.1, -0.05) is 17.7 Å². The van der Waals surface area contributed by atoms with Crippen molar-refractivity contribution < 1.29 is 23.2 Å². The SMILES string of the molecule is COC(=O)c1cc([N+](=O)[O-])c(NCc2c(F)cccc2F)cc1Cl. The molecule has 0 radical (unpaired) electrons. The van der Waals surface area contributed by atoms with Gasteiger partial charge in [-0.2, -0.15) is 0 Å². The fourth-order valence-electron chi connectivity index (χ4n) is 2.01. The smallest absolute Gasteiger partial charge is 0.339 e. The van der Waals surface area contributed by atoms with Gasteiger partial charge < -0.3 is 10.1 Å². The van der Waals surface area contributed by atoms with Crippen LogP contribution in [0, 0.1) is 21.7 Å². The predicted molar refractivity (Wildman–Crippen MR) is 83.1 cm³/mol. The van der Waals surface area contributed by atoms with Crippen molar-refractivity contribution in [1.82, 2.24) is 0 Å². The second kappa shape index (κ2) is 7.22. The number of esters is 1. The van der Waals surface area contributed by atoms with E-state index >= 15 is 0 Å². The maximum Gasteiger partial charge on any atom is 0.339 e. The molecule has 0 unspecified atom stereocenters. The number of methoxy groups -OCH3 is 1. The van der Waals surface area contributed by atoms with Crippen LogP contribution in [0.1, 0.15) is 15.9 Å². The van der Waals surface area contributed by atoms with E-state index in [1.807, 2.05) is 0 Å². The van der Waals surface area contributed by atoms with Gasteiger partial charge in [0.05, 0.1) is 22.6 Å². The third kappa shape index (κ3) is 3.60. The molecule has 0 bridgehead atoms. The van der Waals surface area contributed by atoms with Crippen LogP contribution in [0.5, 0.6) is 0 Å². The first-order valence-corrected chi connectivity index (χ1v) is 6.96. The summed E-state index contributed by atoms with van der Waals surface area (Å²) in [6.45, 7) is -0.340. The Labute approximate surface area is 140 Å². The molecule has 0 aliphatic carbocycles. The van der Waals surface area contributed by atoms with Crippen molar-refractivity contribution in [3.63, 3.8) is 0 Å². The molecule has 0 spiro atoms. The minimum Gasteiger partial charge on any atom is -0.465 e. The average molecular weight is 357 g/mol. The van der Waals surface area contributed by atoms with Gasteiger partial charge in [-0.05, 0) is 18.2 Å². The zero-order valence-electron chi connectivity index (χ0n) is 12.3. The molecular weight excluding hydrogens is 346 g/mol. The fraction of sp³-hybridized carbons (Fsp3) is 0.133. The van der Waals surface area contributed by atoms with Crippen LogP contribution < -0.4 is 5.32 Å². The number of nitro groups is 1. The van der Waals surface area contributed by atoms with E-state index in [1.54, 1.807) is 0 Å². The number of halogens is 3. The first-order valence-electron chi connectivity index (χ1n) is 6.58. The standard InChI is InChI=1S/C15H11ClF2N2O4/c1-24-15(21)8-5-14(20(22)23)13(6-10(8)16)19-7-9-11(17)3-2-4-12(9)18/h2-6,19H,7H2,1H3. The molecular formula is C15H11ClF2N2O4. The summed E-state index contributed by atoms with van der Waals surface area (Å²) >= 11 is 5.91. The summed E-state index contributed by atoms with van der Waals surface area (Å²) in [7, 11) is 1.11. The number of nitro benzene ring substituents is 1. The van der Waals surface area contributed by atoms with Gasteiger partial charge >= 0.3 is 5.97 Å². The number of benzene rings is 2. The molecule has 0 atom stereocenters. The molecule has 0 amide bonds. The molecule has 2 aromatic rings. The van der Waals surface area contributed by atoms with Crippen molar-refractivity contribution >= 4 is 28.9 Å². The van der Waals surface area contributed by atoms with E-state index in [0.29, 0.717) is 0 Å². The van der Waals surface area contributed by atoms with E-state index in [9.17, 15) is 23.7 Å². The summed E-state index contributed by atoms with van der Waals surface area (Å²) in [5.41, 5.74) is -1.02. The lowest BCUT2D eigenvalue weighted by atomic mass is 10.1. The minimum atomic E-state index is -0.838. The molecule has 9 heteroatoms. The van der Waals surface area contributed by atoms with Crippen molar-refractivity contribution in [3.8, 4) is 0 Å². The van der Waals surface area contributed by atoms with E-state index in [1.165, 1.54) is 6.07 Å². The number of ether oxygens (including phenoxy) is 1. The van der Waals surface area contributed by atoms with Gasteiger partial charge in [-0.3, -0.25) is 10.1 Å². The number of carbonyl (C=O) groups excluding carboxylic acids is 1. The van der Waals surface area contributed by atoms with E-state index < -0.39 is 28.2 Å². The summed E-state index contributed by atoms with van der Waals surface area (Å²) < 4.78 is 31.7. The predicted octanol–water partition coefficient (Wildman–Crippen LogP) is 3.93. The molecule has 2 rings (SSSR count). The van der Waals surface area contributed by atoms with E-state index in [2.05, 4.69) is 10.1 Å². The Hall–Kier alpha value is -2.74. The summed E-state index contributed by atoms with van der Waals surface area (Å²) in [5.74, 6) is -2.42. The first-order chi connectivity index (χ1) is 11.3. The molecule has 1 N–H and O–H groups in total. The highest BCUT2D eigenvalue weighted by atomic mass is 35.5. The van der Waals surface area contributed by atoms with Crippen LogP contribution in [0.25, 0.3) is 0 Å². The number of rotatable bonds is 5. The van der Waals surface area contributed by atoms with Crippen LogP contribution in [0.15, 0.2) is 30.3 Å². The topological polar surface area (TPSA) is 81.5 Å². The van der Waals surface area contributed by atoms with E-state index in [4.69, 9.17) is 11.6 Å². The second-order valence-corrected chi connectivity index (χ2v) is 5.06. The van der Waals surface area contributed by atoms with Gasteiger partial charge in [0.2, 0.25) is 0 Å². The summed E-state index contributed by atoms with van der Waals surface area (Å²) in [6.07, 6.45) is 0. The van der Waals surface area contributed by atoms with Crippen LogP contribution in [0.2, 0.25) is 5.02 Å². The third-order valence-electron chi connectivity index (χ3n) is 3.20. The number of nitrogens with zero attached hydrogens (tertiary/aromatic N) is 1. The van der Waals surface area contributed by atoms with E-state index in [-0.39, 0.29) is 28.4 Å². The van der Waals surface area contributed by atoms with Gasteiger partial charge in [0, 0.05) is 18.2 Å². The lowest BCUT2D eigenvalue weighted by Gasteiger charge is -2.11. The molecule has 0 aliphatic heterocycles. The van der Waals surface area contributed by atoms with Crippen molar-refractivity contribution in [2.24, 2.45) is 0 Å². The summed E-state index contributed by atoms with van der Waals surface area (Å²) in [5, 5.41) is 13.6. The molecule has 0 aromatic heterocycles. The van der Waals surface area contributed by atoms with Crippen LogP contribution in [-0.4, -0.2) is 18.0 Å². The molecule has 0 saturated carbocycles. The number of anilines is 1. The monoisotopic (exact) mass is 356 g/mol. The van der Waals surface area contributed by atoms with Crippen molar-refractivity contribution in [1.29, 1.82) is 0 Å². The minimum absolute atomic E-state index is 0.0830. The Morgan fingerprint density at radius 1 is 1.33 bits per heavy atom. The highest BCUT2D eigenvalue weighted by Gasteiger charge is 2.22. The average Bonchev–Trinajstić information content (AvgIpc) is 2.53. The number of nitrogens with one attached hydrogen (secondary N) is 1. The highest BCUT2D eigenvalue weighted by Crippen LogP contribution is 2.32. The Morgan fingerprint density at radius 3 is 2.50 bits per heavy atom. The van der Waals surface area contributed by atoms with Crippen LogP contribution in [0.4, 0.5) is 20.2 Å². The first kappa shape index (κ1) is 17.6. The van der Waals surface area contributed by atoms with Crippen molar-refractivity contribution in [3.05, 3.63) is 68.2 Å². The zero-order chi connectivity index (χ0) is 17.9. The largest absolute Gasteiger partial charge is 0.465 e. The normalized spacial score (nSPS) is 10.3. The summed E-state index contributed by atoms with van der Waals surface area (Å²) in [6, 6.07) is 5.42. The van der Waals surface area contributed by atoms with Gasteiger partial charge in [0.15, 0.2) is 0 Å². The molecule has 2 aromatic carbocycles. The van der Waals surface area contributed by atoms with E-state index in [0.717, 1.165) is 31.4 Å². The zero-order valence-corrected chi connectivity index (χ0v) is 13.1. The second-order valence-electron chi connectivity index (χ2n) is 4.65. The van der Waals surface area contributed by atoms with Crippen LogP contribution in [-0.2, 0) is 11.3 Å². The van der Waals surface area contributed by atoms with Gasteiger partial charge in [0.25, 0.3) is 5.69 Å². The van der Waals surface area contributed by atoms with Crippen molar-refractivity contribution in [2.75, 3.05) is 12.4 Å². The Bertz CT molecular complexity index is 794. The third-order valence-corrected chi connectivity index (χ3v) is 3.52. The van der Waals surface area contributed by atoms with Gasteiger partial charge in [0.1, 0.15) is 17.3 Å². The quantitative estimate of drug-likeness (QED) is 0.499. The summed E-state index contributed by atoms with van der Waals surface area (Å²) in [4.78, 5) is 22.0. The van der Waals surface area contributed by atoms with Gasteiger partial charge in [-0.25, -0.2) is 13.6 Å². The molecule has 0 fully saturated rings. The Morgan fingerprint density at radius 2 is 1.96 bits per heavy atom. The van der Waals surface area contributed by atoms with Gasteiger partial charge in [-0.15, -0.1) is 0 Å². The fourth-order valence-corrected chi connectivity index (χ4v) is 2.25. The molecule has 126 valence electrons. The molecule has 0 aliphatic rings. The Kier molecular flexibility index (Phi) is 5.30. The highest BCUT2D eigenvalue weighted by molar-refractivity contribution is 6.34. The number of hydrogen-bond acceptors (Lipinski definition) is 5. The number of carbonyl (C=O) groups is 1. The molecule has 6 nitrogen and oxygen atoms in total. The number of hydrogen-bond donors (Lipinski definition) is 1.